The quantitative estimate of drug-likeness (QED) is 0.591. The number of nitrogens with zero attached hydrogens (tertiary/aromatic N) is 1. The van der Waals surface area contributed by atoms with Crippen molar-refractivity contribution in [1.29, 1.82) is 0 Å². The summed E-state index contributed by atoms with van der Waals surface area (Å²) in [6.45, 7) is 1.86. The van der Waals surface area contributed by atoms with E-state index in [0.29, 0.717) is 0 Å². The third-order valence-corrected chi connectivity index (χ3v) is 3.81. The lowest BCUT2D eigenvalue weighted by Gasteiger charge is -2.10. The van der Waals surface area contributed by atoms with Crippen LogP contribution >= 0.6 is 0 Å². The molecule has 0 N–H and O–H groups in total. The molecule has 0 aromatic heterocycles. The Morgan fingerprint density at radius 3 is 2.70 bits per heavy atom. The second kappa shape index (κ2) is 6.50. The second-order valence-electron chi connectivity index (χ2n) is 5.15. The maximum atomic E-state index is 11.9. The zero-order valence-electron chi connectivity index (χ0n) is 11.6. The van der Waals surface area contributed by atoms with Gasteiger partial charge in [0.1, 0.15) is 6.61 Å². The summed E-state index contributed by atoms with van der Waals surface area (Å²) in [5.74, 6) is 0.305. The summed E-state index contributed by atoms with van der Waals surface area (Å²) in [4.78, 5) is 22.5. The molecular formula is C15H19NO4. The first-order chi connectivity index (χ1) is 9.61. The van der Waals surface area contributed by atoms with Crippen LogP contribution in [0.2, 0.25) is 0 Å². The minimum absolute atomic E-state index is 0.0522. The van der Waals surface area contributed by atoms with Gasteiger partial charge < -0.3 is 4.74 Å². The van der Waals surface area contributed by atoms with Gasteiger partial charge in [-0.25, -0.2) is 0 Å². The molecule has 1 aliphatic rings. The SMILES string of the molecule is CCc1ccc(OCC(=O)C2CCCC2)c([N+](=O)[O-])c1. The van der Waals surface area contributed by atoms with Crippen LogP contribution in [0.5, 0.6) is 5.75 Å². The predicted octanol–water partition coefficient (Wildman–Crippen LogP) is 3.30. The average Bonchev–Trinajstić information content (AvgIpc) is 2.98. The van der Waals surface area contributed by atoms with Crippen molar-refractivity contribution in [3.8, 4) is 5.75 Å². The molecule has 2 rings (SSSR count). The zero-order valence-corrected chi connectivity index (χ0v) is 11.6. The van der Waals surface area contributed by atoms with E-state index in [-0.39, 0.29) is 29.7 Å². The number of aryl methyl sites for hydroxylation is 1. The summed E-state index contributed by atoms with van der Waals surface area (Å²) < 4.78 is 5.38. The van der Waals surface area contributed by atoms with E-state index in [1.807, 2.05) is 6.92 Å². The van der Waals surface area contributed by atoms with Gasteiger partial charge in [0.15, 0.2) is 11.5 Å². The van der Waals surface area contributed by atoms with Crippen molar-refractivity contribution in [3.63, 3.8) is 0 Å². The van der Waals surface area contributed by atoms with Crippen molar-refractivity contribution in [2.45, 2.75) is 39.0 Å². The standard InChI is InChI=1S/C15H19NO4/c1-2-11-7-8-15(13(9-11)16(18)19)20-10-14(17)12-5-3-4-6-12/h7-9,12H,2-6,10H2,1H3. The lowest BCUT2D eigenvalue weighted by atomic mass is 10.0. The highest BCUT2D eigenvalue weighted by atomic mass is 16.6. The number of Topliss-reactive ketones (excluding diaryl/α,β-unsaturated/α-hetero) is 1. The van der Waals surface area contributed by atoms with Crippen LogP contribution in [0.25, 0.3) is 0 Å². The minimum atomic E-state index is -0.464. The zero-order chi connectivity index (χ0) is 14.5. The highest BCUT2D eigenvalue weighted by Crippen LogP contribution is 2.29. The highest BCUT2D eigenvalue weighted by Gasteiger charge is 2.24. The Balaban J connectivity index is 2.04. The van der Waals surface area contributed by atoms with E-state index >= 15 is 0 Å². The molecule has 0 aliphatic heterocycles. The van der Waals surface area contributed by atoms with Crippen molar-refractivity contribution < 1.29 is 14.5 Å². The van der Waals surface area contributed by atoms with Crippen LogP contribution in [0.4, 0.5) is 5.69 Å². The summed E-state index contributed by atoms with van der Waals surface area (Å²) in [6.07, 6.45) is 4.73. The monoisotopic (exact) mass is 277 g/mol. The van der Waals surface area contributed by atoms with Crippen molar-refractivity contribution >= 4 is 11.5 Å². The molecule has 0 bridgehead atoms. The van der Waals surface area contributed by atoms with Gasteiger partial charge in [0.05, 0.1) is 4.92 Å². The summed E-state index contributed by atoms with van der Waals surface area (Å²) in [5.41, 5.74) is 0.815. The van der Waals surface area contributed by atoms with E-state index in [1.165, 1.54) is 6.07 Å². The highest BCUT2D eigenvalue weighted by molar-refractivity contribution is 5.82. The van der Waals surface area contributed by atoms with E-state index in [2.05, 4.69) is 0 Å². The van der Waals surface area contributed by atoms with Crippen LogP contribution in [0.15, 0.2) is 18.2 Å². The molecule has 5 nitrogen and oxygen atoms in total. The largest absolute Gasteiger partial charge is 0.479 e. The first-order valence-electron chi connectivity index (χ1n) is 7.04. The van der Waals surface area contributed by atoms with Crippen LogP contribution in [-0.4, -0.2) is 17.3 Å². The molecule has 20 heavy (non-hydrogen) atoms. The van der Waals surface area contributed by atoms with Gasteiger partial charge >= 0.3 is 5.69 Å². The minimum Gasteiger partial charge on any atom is -0.479 e. The fourth-order valence-corrected chi connectivity index (χ4v) is 2.56. The summed E-state index contributed by atoms with van der Waals surface area (Å²) in [7, 11) is 0. The van der Waals surface area contributed by atoms with Gasteiger partial charge in [-0.15, -0.1) is 0 Å². The smallest absolute Gasteiger partial charge is 0.311 e. The Morgan fingerprint density at radius 2 is 2.10 bits per heavy atom. The van der Waals surface area contributed by atoms with Gasteiger partial charge in [0.25, 0.3) is 0 Å². The molecular weight excluding hydrogens is 258 g/mol. The van der Waals surface area contributed by atoms with E-state index < -0.39 is 4.92 Å². The Hall–Kier alpha value is -1.91. The van der Waals surface area contributed by atoms with E-state index in [4.69, 9.17) is 4.74 Å². The topological polar surface area (TPSA) is 69.4 Å². The molecule has 0 heterocycles. The van der Waals surface area contributed by atoms with Gasteiger partial charge in [-0.1, -0.05) is 25.8 Å². The molecule has 1 fully saturated rings. The lowest BCUT2D eigenvalue weighted by Crippen LogP contribution is -2.19. The summed E-state index contributed by atoms with van der Waals surface area (Å²) in [5, 5.41) is 11.0. The fourth-order valence-electron chi connectivity index (χ4n) is 2.56. The molecule has 0 amide bonds. The summed E-state index contributed by atoms with van der Waals surface area (Å²) in [6, 6.07) is 4.89. The molecule has 1 saturated carbocycles. The number of carbonyl (C=O) groups excluding carboxylic acids is 1. The third kappa shape index (κ3) is 3.35. The van der Waals surface area contributed by atoms with Crippen LogP contribution in [0.3, 0.4) is 0 Å². The van der Waals surface area contributed by atoms with Crippen LogP contribution < -0.4 is 4.74 Å². The van der Waals surface area contributed by atoms with Gasteiger partial charge in [-0.05, 0) is 30.9 Å². The third-order valence-electron chi connectivity index (χ3n) is 3.81. The summed E-state index contributed by atoms with van der Waals surface area (Å²) >= 11 is 0. The molecule has 0 atom stereocenters. The first-order valence-corrected chi connectivity index (χ1v) is 7.04. The van der Waals surface area contributed by atoms with Crippen molar-refractivity contribution in [2.75, 3.05) is 6.61 Å². The van der Waals surface area contributed by atoms with E-state index in [9.17, 15) is 14.9 Å². The Kier molecular flexibility index (Phi) is 4.71. The lowest BCUT2D eigenvalue weighted by molar-refractivity contribution is -0.385. The van der Waals surface area contributed by atoms with Crippen molar-refractivity contribution in [2.24, 2.45) is 5.92 Å². The van der Waals surface area contributed by atoms with Gasteiger partial charge in [0.2, 0.25) is 0 Å². The number of hydrogen-bond donors (Lipinski definition) is 0. The van der Waals surface area contributed by atoms with E-state index in [1.54, 1.807) is 12.1 Å². The molecule has 1 aromatic rings. The maximum Gasteiger partial charge on any atom is 0.311 e. The number of nitro benzene ring substituents is 1. The molecule has 1 aliphatic carbocycles. The molecule has 0 saturated heterocycles. The number of hydrogen-bond acceptors (Lipinski definition) is 4. The van der Waals surface area contributed by atoms with Gasteiger partial charge in [-0.3, -0.25) is 14.9 Å². The molecule has 0 radical (unpaired) electrons. The molecule has 5 heteroatoms. The Labute approximate surface area is 118 Å². The average molecular weight is 277 g/mol. The Bertz CT molecular complexity index is 507. The first kappa shape index (κ1) is 14.5. The number of ketones is 1. The predicted molar refractivity (Wildman–Crippen MR) is 74.9 cm³/mol. The van der Waals surface area contributed by atoms with Gasteiger partial charge in [0, 0.05) is 12.0 Å². The molecule has 1 aromatic carbocycles. The molecule has 0 spiro atoms. The van der Waals surface area contributed by atoms with Crippen molar-refractivity contribution in [1.82, 2.24) is 0 Å². The van der Waals surface area contributed by atoms with Crippen molar-refractivity contribution in [3.05, 3.63) is 33.9 Å². The number of carbonyl (C=O) groups is 1. The molecule has 0 unspecified atom stereocenters. The molecule has 108 valence electrons. The number of ether oxygens (including phenoxy) is 1. The van der Waals surface area contributed by atoms with E-state index in [0.717, 1.165) is 37.7 Å². The van der Waals surface area contributed by atoms with Crippen LogP contribution in [-0.2, 0) is 11.2 Å². The fraction of sp³-hybridized carbons (Fsp3) is 0.533. The Morgan fingerprint density at radius 1 is 1.40 bits per heavy atom. The van der Waals surface area contributed by atoms with Crippen LogP contribution in [0.1, 0.15) is 38.2 Å². The van der Waals surface area contributed by atoms with Gasteiger partial charge in [-0.2, -0.15) is 0 Å². The number of nitro groups is 1. The number of rotatable bonds is 6. The second-order valence-corrected chi connectivity index (χ2v) is 5.15. The maximum absolute atomic E-state index is 11.9. The number of benzene rings is 1. The normalized spacial score (nSPS) is 15.2. The van der Waals surface area contributed by atoms with Crippen LogP contribution in [0, 0.1) is 16.0 Å².